The van der Waals surface area contributed by atoms with Crippen LogP contribution in [0.15, 0.2) is 59.5 Å². The minimum atomic E-state index is -3.75. The number of urea groups is 1. The van der Waals surface area contributed by atoms with Gasteiger partial charge in [-0.25, -0.2) is 18.4 Å². The number of rotatable bonds is 9. The first kappa shape index (κ1) is 23.4. The number of hydrogen-bond donors (Lipinski definition) is 3. The Bertz CT molecular complexity index is 1100. The number of carbonyl (C=O) groups excluding carboxylic acids is 3. The third kappa shape index (κ3) is 5.71. The zero-order chi connectivity index (χ0) is 23.4. The van der Waals surface area contributed by atoms with Crippen molar-refractivity contribution in [2.45, 2.75) is 36.6 Å². The van der Waals surface area contributed by atoms with E-state index in [1.807, 2.05) is 30.3 Å². The third-order valence-corrected chi connectivity index (χ3v) is 6.32. The van der Waals surface area contributed by atoms with Gasteiger partial charge in [0.2, 0.25) is 15.9 Å². The summed E-state index contributed by atoms with van der Waals surface area (Å²) in [5.41, 5.74) is 0.809. The van der Waals surface area contributed by atoms with Gasteiger partial charge in [-0.15, -0.1) is 0 Å². The minimum Gasteiger partial charge on any atom is -0.354 e. The van der Waals surface area contributed by atoms with Crippen LogP contribution in [-0.4, -0.2) is 49.8 Å². The molecule has 0 spiro atoms. The molecule has 0 saturated carbocycles. The average Bonchev–Trinajstić information content (AvgIpc) is 2.96. The Labute approximate surface area is 187 Å². The largest absolute Gasteiger partial charge is 0.354 e. The Balaban J connectivity index is 1.49. The molecule has 2 aromatic carbocycles. The average molecular weight is 459 g/mol. The van der Waals surface area contributed by atoms with Crippen LogP contribution in [-0.2, 0) is 32.5 Å². The van der Waals surface area contributed by atoms with Crippen LogP contribution >= 0.6 is 0 Å². The smallest absolute Gasteiger partial charge is 0.325 e. The van der Waals surface area contributed by atoms with Gasteiger partial charge in [0, 0.05) is 6.54 Å². The molecule has 10 heteroatoms. The lowest BCUT2D eigenvalue weighted by atomic mass is 9.93. The molecule has 4 amide bonds. The summed E-state index contributed by atoms with van der Waals surface area (Å²) in [6.07, 6.45) is 1.49. The van der Waals surface area contributed by atoms with Gasteiger partial charge in [0.05, 0.1) is 4.90 Å². The molecule has 170 valence electrons. The summed E-state index contributed by atoms with van der Waals surface area (Å²) in [5, 5.41) is 10.4. The molecule has 0 unspecified atom stereocenters. The van der Waals surface area contributed by atoms with Gasteiger partial charge in [-0.1, -0.05) is 42.5 Å². The SMILES string of the molecule is C[C@@]1(CCc2ccccc2)NC(=O)N(CC(=O)NCCc2ccc(S(N)(=O)=O)cc2)C1=O. The van der Waals surface area contributed by atoms with Crippen molar-refractivity contribution in [3.05, 3.63) is 65.7 Å². The number of nitrogens with two attached hydrogens (primary N) is 1. The van der Waals surface area contributed by atoms with Gasteiger partial charge in [-0.3, -0.25) is 14.5 Å². The van der Waals surface area contributed by atoms with Gasteiger partial charge in [-0.05, 0) is 49.4 Å². The van der Waals surface area contributed by atoms with Crippen molar-refractivity contribution in [2.24, 2.45) is 5.14 Å². The van der Waals surface area contributed by atoms with Gasteiger partial charge in [-0.2, -0.15) is 0 Å². The third-order valence-electron chi connectivity index (χ3n) is 5.39. The first-order valence-electron chi connectivity index (χ1n) is 10.1. The predicted molar refractivity (Wildman–Crippen MR) is 118 cm³/mol. The monoisotopic (exact) mass is 458 g/mol. The highest BCUT2D eigenvalue weighted by molar-refractivity contribution is 7.89. The maximum absolute atomic E-state index is 12.8. The lowest BCUT2D eigenvalue weighted by Gasteiger charge is -2.21. The highest BCUT2D eigenvalue weighted by Crippen LogP contribution is 2.23. The highest BCUT2D eigenvalue weighted by atomic mass is 32.2. The van der Waals surface area contributed by atoms with Crippen molar-refractivity contribution in [1.29, 1.82) is 0 Å². The molecule has 3 rings (SSSR count). The van der Waals surface area contributed by atoms with E-state index in [1.165, 1.54) is 12.1 Å². The minimum absolute atomic E-state index is 0.0131. The summed E-state index contributed by atoms with van der Waals surface area (Å²) in [6.45, 7) is 1.57. The molecule has 32 heavy (non-hydrogen) atoms. The molecule has 1 atom stereocenters. The molecule has 1 heterocycles. The molecular weight excluding hydrogens is 432 g/mol. The van der Waals surface area contributed by atoms with Gasteiger partial charge in [0.25, 0.3) is 5.91 Å². The number of nitrogens with one attached hydrogen (secondary N) is 2. The number of benzene rings is 2. The molecule has 0 aromatic heterocycles. The van der Waals surface area contributed by atoms with Crippen LogP contribution in [0.25, 0.3) is 0 Å². The summed E-state index contributed by atoms with van der Waals surface area (Å²) in [5.74, 6) is -0.880. The Morgan fingerprint density at radius 2 is 1.66 bits per heavy atom. The Kier molecular flexibility index (Phi) is 6.95. The highest BCUT2D eigenvalue weighted by Gasteiger charge is 2.47. The van der Waals surface area contributed by atoms with Crippen LogP contribution in [0, 0.1) is 0 Å². The fraction of sp³-hybridized carbons (Fsp3) is 0.318. The first-order valence-corrected chi connectivity index (χ1v) is 11.7. The van der Waals surface area contributed by atoms with Crippen molar-refractivity contribution in [3.8, 4) is 0 Å². The van der Waals surface area contributed by atoms with Crippen LogP contribution in [0.3, 0.4) is 0 Å². The van der Waals surface area contributed by atoms with Crippen LogP contribution < -0.4 is 15.8 Å². The van der Waals surface area contributed by atoms with E-state index < -0.39 is 33.4 Å². The molecule has 0 radical (unpaired) electrons. The molecule has 4 N–H and O–H groups in total. The second kappa shape index (κ2) is 9.49. The zero-order valence-electron chi connectivity index (χ0n) is 17.7. The van der Waals surface area contributed by atoms with Crippen molar-refractivity contribution >= 4 is 27.9 Å². The van der Waals surface area contributed by atoms with Crippen molar-refractivity contribution in [2.75, 3.05) is 13.1 Å². The molecule has 0 bridgehead atoms. The summed E-state index contributed by atoms with van der Waals surface area (Å²) in [6, 6.07) is 15.1. The number of carbonyl (C=O) groups is 3. The maximum atomic E-state index is 12.8. The zero-order valence-corrected chi connectivity index (χ0v) is 18.5. The summed E-state index contributed by atoms with van der Waals surface area (Å²) in [4.78, 5) is 38.3. The van der Waals surface area contributed by atoms with Gasteiger partial charge in [0.15, 0.2) is 0 Å². The number of nitrogens with zero attached hydrogens (tertiary/aromatic N) is 1. The topological polar surface area (TPSA) is 139 Å². The maximum Gasteiger partial charge on any atom is 0.325 e. The van der Waals surface area contributed by atoms with Gasteiger partial charge < -0.3 is 10.6 Å². The van der Waals surface area contributed by atoms with E-state index >= 15 is 0 Å². The van der Waals surface area contributed by atoms with Crippen molar-refractivity contribution < 1.29 is 22.8 Å². The number of hydrogen-bond acceptors (Lipinski definition) is 5. The number of imide groups is 1. The summed E-state index contributed by atoms with van der Waals surface area (Å²) in [7, 11) is -3.75. The van der Waals surface area contributed by atoms with Gasteiger partial charge in [0.1, 0.15) is 12.1 Å². The van der Waals surface area contributed by atoms with E-state index in [4.69, 9.17) is 5.14 Å². The van der Waals surface area contributed by atoms with Crippen LogP contribution in [0.2, 0.25) is 0 Å². The van der Waals surface area contributed by atoms with Crippen molar-refractivity contribution in [3.63, 3.8) is 0 Å². The second-order valence-corrected chi connectivity index (χ2v) is 9.49. The first-order chi connectivity index (χ1) is 15.1. The predicted octanol–water partition coefficient (Wildman–Crippen LogP) is 0.936. The quantitative estimate of drug-likeness (QED) is 0.480. The van der Waals surface area contributed by atoms with E-state index in [1.54, 1.807) is 19.1 Å². The molecule has 1 aliphatic heterocycles. The van der Waals surface area contributed by atoms with Gasteiger partial charge >= 0.3 is 6.03 Å². The van der Waals surface area contributed by atoms with E-state index in [0.717, 1.165) is 16.0 Å². The van der Waals surface area contributed by atoms with E-state index in [-0.39, 0.29) is 18.0 Å². The van der Waals surface area contributed by atoms with Crippen LogP contribution in [0.4, 0.5) is 4.79 Å². The van der Waals surface area contributed by atoms with E-state index in [0.29, 0.717) is 19.3 Å². The molecule has 1 saturated heterocycles. The fourth-order valence-corrected chi connectivity index (χ4v) is 4.01. The summed E-state index contributed by atoms with van der Waals surface area (Å²) < 4.78 is 22.6. The molecule has 1 aliphatic rings. The number of sulfonamides is 1. The Hall–Kier alpha value is -3.24. The normalized spacial score (nSPS) is 18.5. The molecule has 0 aliphatic carbocycles. The van der Waals surface area contributed by atoms with Crippen LogP contribution in [0.5, 0.6) is 0 Å². The summed E-state index contributed by atoms with van der Waals surface area (Å²) >= 11 is 0. The number of amides is 4. The van der Waals surface area contributed by atoms with Crippen molar-refractivity contribution in [1.82, 2.24) is 15.5 Å². The van der Waals surface area contributed by atoms with E-state index in [9.17, 15) is 22.8 Å². The Morgan fingerprint density at radius 3 is 2.28 bits per heavy atom. The molecule has 2 aromatic rings. The fourth-order valence-electron chi connectivity index (χ4n) is 3.49. The Morgan fingerprint density at radius 1 is 1.03 bits per heavy atom. The molecule has 1 fully saturated rings. The van der Waals surface area contributed by atoms with E-state index in [2.05, 4.69) is 10.6 Å². The number of aryl methyl sites for hydroxylation is 1. The lowest BCUT2D eigenvalue weighted by Crippen LogP contribution is -2.45. The molecular formula is C22H26N4O5S. The lowest BCUT2D eigenvalue weighted by molar-refractivity contribution is -0.134. The second-order valence-electron chi connectivity index (χ2n) is 7.93. The van der Waals surface area contributed by atoms with Crippen LogP contribution in [0.1, 0.15) is 24.5 Å². The molecule has 9 nitrogen and oxygen atoms in total. The number of primary sulfonamides is 1. The standard InChI is InChI=1S/C22H26N4O5S/c1-22(13-11-16-5-3-2-4-6-16)20(28)26(21(29)25-22)15-19(27)24-14-12-17-7-9-18(10-8-17)32(23,30)31/h2-10H,11-15H2,1H3,(H,24,27)(H,25,29)(H2,23,30,31)/t22-/m0/s1.